The number of halogens is 3. The van der Waals surface area contributed by atoms with Crippen molar-refractivity contribution in [2.75, 3.05) is 0 Å². The van der Waals surface area contributed by atoms with Crippen LogP contribution in [0, 0.1) is 45.3 Å². The molecule has 4 nitrogen and oxygen atoms in total. The van der Waals surface area contributed by atoms with Crippen LogP contribution in [0.3, 0.4) is 0 Å². The van der Waals surface area contributed by atoms with Gasteiger partial charge >= 0.3 is 6.18 Å². The Hall–Kier alpha value is -3.24. The van der Waals surface area contributed by atoms with E-state index in [4.69, 9.17) is 5.73 Å². The monoisotopic (exact) mass is 368 g/mol. The van der Waals surface area contributed by atoms with Gasteiger partial charge < -0.3 is 5.73 Å². The summed E-state index contributed by atoms with van der Waals surface area (Å²) >= 11 is 0. The van der Waals surface area contributed by atoms with Gasteiger partial charge in [0.1, 0.15) is 6.07 Å². The van der Waals surface area contributed by atoms with E-state index in [0.29, 0.717) is 24.8 Å². The quantitative estimate of drug-likeness (QED) is 0.799. The Morgan fingerprint density at radius 1 is 1.11 bits per heavy atom. The number of benzene rings is 1. The number of hydrogen-bond acceptors (Lipinski definition) is 4. The molecule has 0 aromatic heterocycles. The summed E-state index contributed by atoms with van der Waals surface area (Å²) in [4.78, 5) is 0. The zero-order valence-corrected chi connectivity index (χ0v) is 14.2. The molecule has 0 amide bonds. The molecule has 7 heteroatoms. The third kappa shape index (κ3) is 2.66. The first-order chi connectivity index (χ1) is 12.8. The van der Waals surface area contributed by atoms with Crippen LogP contribution < -0.4 is 5.73 Å². The first kappa shape index (κ1) is 18.5. The van der Waals surface area contributed by atoms with Gasteiger partial charge in [-0.3, -0.25) is 0 Å². The van der Waals surface area contributed by atoms with E-state index in [-0.39, 0.29) is 16.8 Å². The van der Waals surface area contributed by atoms with Gasteiger partial charge in [-0.2, -0.15) is 29.0 Å². The first-order valence-corrected chi connectivity index (χ1v) is 8.41. The van der Waals surface area contributed by atoms with Gasteiger partial charge in [0, 0.05) is 5.92 Å². The van der Waals surface area contributed by atoms with Gasteiger partial charge in [0.2, 0.25) is 0 Å². The maximum Gasteiger partial charge on any atom is 0.416 e. The van der Waals surface area contributed by atoms with E-state index >= 15 is 0 Å². The smallest absolute Gasteiger partial charge is 0.399 e. The summed E-state index contributed by atoms with van der Waals surface area (Å²) in [5.41, 5.74) is 3.35. The Morgan fingerprint density at radius 2 is 1.78 bits per heavy atom. The third-order valence-electron chi connectivity index (χ3n) is 5.40. The van der Waals surface area contributed by atoms with Gasteiger partial charge in [-0.25, -0.2) is 0 Å². The molecule has 27 heavy (non-hydrogen) atoms. The van der Waals surface area contributed by atoms with Gasteiger partial charge in [0.15, 0.2) is 5.41 Å². The van der Waals surface area contributed by atoms with Crippen molar-refractivity contribution < 1.29 is 13.2 Å². The molecule has 0 unspecified atom stereocenters. The van der Waals surface area contributed by atoms with Crippen molar-refractivity contribution in [3.63, 3.8) is 0 Å². The fourth-order valence-corrected chi connectivity index (χ4v) is 4.24. The van der Waals surface area contributed by atoms with E-state index in [1.807, 2.05) is 18.2 Å². The van der Waals surface area contributed by atoms with Gasteiger partial charge in [0.25, 0.3) is 0 Å². The van der Waals surface area contributed by atoms with Crippen LogP contribution >= 0.6 is 0 Å². The highest BCUT2D eigenvalue weighted by atomic mass is 19.4. The van der Waals surface area contributed by atoms with Crippen LogP contribution in [0.4, 0.5) is 13.2 Å². The van der Waals surface area contributed by atoms with E-state index in [1.54, 1.807) is 6.08 Å². The molecular formula is C20H15F3N4. The van der Waals surface area contributed by atoms with Gasteiger partial charge in [-0.15, -0.1) is 0 Å². The van der Waals surface area contributed by atoms with E-state index in [0.717, 1.165) is 6.07 Å². The molecule has 2 N–H and O–H groups in total. The average molecular weight is 368 g/mol. The lowest BCUT2D eigenvalue weighted by Gasteiger charge is -2.44. The largest absolute Gasteiger partial charge is 0.416 e. The Balaban J connectivity index is 2.39. The molecule has 1 aromatic rings. The molecule has 0 bridgehead atoms. The minimum atomic E-state index is -4.64. The van der Waals surface area contributed by atoms with Crippen LogP contribution in [0.5, 0.6) is 0 Å². The van der Waals surface area contributed by atoms with Crippen LogP contribution in [0.2, 0.25) is 0 Å². The minimum Gasteiger partial charge on any atom is -0.399 e. The first-order valence-electron chi connectivity index (χ1n) is 8.41. The molecule has 0 aliphatic heterocycles. The fourth-order valence-electron chi connectivity index (χ4n) is 4.24. The molecule has 0 spiro atoms. The van der Waals surface area contributed by atoms with Gasteiger partial charge in [-0.05, 0) is 42.4 Å². The number of nitrogens with two attached hydrogens (primary N) is 1. The van der Waals surface area contributed by atoms with Crippen molar-refractivity contribution in [2.45, 2.75) is 31.4 Å². The van der Waals surface area contributed by atoms with Crippen molar-refractivity contribution >= 4 is 0 Å². The second-order valence-corrected chi connectivity index (χ2v) is 6.69. The van der Waals surface area contributed by atoms with E-state index in [9.17, 15) is 29.0 Å². The standard InChI is InChI=1S/C20H15F3N4/c21-20(22,23)16-8-4-3-7-14(16)17-13-6-2-1-5-12(13)15(9-24)18(27)19(17,10-25)11-26/h3-5,7-8,13,17H,1-2,6,27H2/t13-,17-/m1/s1. The van der Waals surface area contributed by atoms with Crippen LogP contribution in [0.15, 0.2) is 47.2 Å². The number of allylic oxidation sites excluding steroid dienone is 4. The number of rotatable bonds is 1. The summed E-state index contributed by atoms with van der Waals surface area (Å²) in [6, 6.07) is 10.6. The van der Waals surface area contributed by atoms with Crippen molar-refractivity contribution in [2.24, 2.45) is 17.1 Å². The summed E-state index contributed by atoms with van der Waals surface area (Å²) in [6.07, 6.45) is -0.998. The Morgan fingerprint density at radius 3 is 2.37 bits per heavy atom. The number of nitriles is 3. The fraction of sp³-hybridized carbons (Fsp3) is 0.350. The molecule has 0 heterocycles. The molecule has 0 saturated carbocycles. The van der Waals surface area contributed by atoms with Crippen LogP contribution in [0.25, 0.3) is 0 Å². The number of nitrogens with zero attached hydrogens (tertiary/aromatic N) is 3. The van der Waals surface area contributed by atoms with Gasteiger partial charge in [0.05, 0.1) is 29.0 Å². The molecule has 136 valence electrons. The van der Waals surface area contributed by atoms with Crippen molar-refractivity contribution in [1.29, 1.82) is 15.8 Å². The molecule has 1 aromatic carbocycles. The Kier molecular flexibility index (Phi) is 4.46. The topological polar surface area (TPSA) is 97.4 Å². The second-order valence-electron chi connectivity index (χ2n) is 6.69. The molecule has 2 atom stereocenters. The van der Waals surface area contributed by atoms with E-state index in [2.05, 4.69) is 0 Å². The lowest BCUT2D eigenvalue weighted by Crippen LogP contribution is -2.43. The Labute approximate surface area is 154 Å². The van der Waals surface area contributed by atoms with Gasteiger partial charge in [-0.1, -0.05) is 24.3 Å². The number of alkyl halides is 3. The highest BCUT2D eigenvalue weighted by molar-refractivity contribution is 5.59. The second kappa shape index (κ2) is 6.49. The average Bonchev–Trinajstić information content (AvgIpc) is 2.66. The van der Waals surface area contributed by atoms with E-state index < -0.39 is 29.0 Å². The maximum atomic E-state index is 13.7. The summed E-state index contributed by atoms with van der Waals surface area (Å²) in [7, 11) is 0. The lowest BCUT2D eigenvalue weighted by molar-refractivity contribution is -0.138. The summed E-state index contributed by atoms with van der Waals surface area (Å²) in [6.45, 7) is 0. The predicted octanol–water partition coefficient (Wildman–Crippen LogP) is 4.30. The molecule has 2 aliphatic rings. The van der Waals surface area contributed by atoms with Crippen LogP contribution in [-0.2, 0) is 6.18 Å². The minimum absolute atomic E-state index is 0.0449. The maximum absolute atomic E-state index is 13.7. The molecular weight excluding hydrogens is 353 g/mol. The zero-order valence-electron chi connectivity index (χ0n) is 14.2. The highest BCUT2D eigenvalue weighted by Crippen LogP contribution is 2.57. The third-order valence-corrected chi connectivity index (χ3v) is 5.40. The molecule has 3 rings (SSSR count). The number of hydrogen-bond donors (Lipinski definition) is 1. The SMILES string of the molecule is N#CC1=C(N)C(C#N)(C#N)[C@@H](c2ccccc2C(F)(F)F)[C@@H]2CCCC=C12. The normalized spacial score (nSPS) is 24.1. The molecule has 2 aliphatic carbocycles. The highest BCUT2D eigenvalue weighted by Gasteiger charge is 2.55. The summed E-state index contributed by atoms with van der Waals surface area (Å²) in [5.74, 6) is -1.66. The Bertz CT molecular complexity index is 953. The summed E-state index contributed by atoms with van der Waals surface area (Å²) < 4.78 is 41.0. The van der Waals surface area contributed by atoms with E-state index in [1.165, 1.54) is 18.2 Å². The predicted molar refractivity (Wildman–Crippen MR) is 90.1 cm³/mol. The molecule has 0 saturated heterocycles. The molecule has 0 fully saturated rings. The summed E-state index contributed by atoms with van der Waals surface area (Å²) in [5, 5.41) is 29.2. The van der Waals surface area contributed by atoms with Crippen molar-refractivity contribution in [1.82, 2.24) is 0 Å². The number of fused-ring (bicyclic) bond motifs is 1. The van der Waals surface area contributed by atoms with Crippen LogP contribution in [-0.4, -0.2) is 0 Å². The van der Waals surface area contributed by atoms with Crippen molar-refractivity contribution in [3.8, 4) is 18.2 Å². The van der Waals surface area contributed by atoms with Crippen molar-refractivity contribution in [3.05, 3.63) is 58.3 Å². The lowest BCUT2D eigenvalue weighted by atomic mass is 9.56. The van der Waals surface area contributed by atoms with Crippen LogP contribution in [0.1, 0.15) is 36.3 Å². The zero-order chi connectivity index (χ0) is 19.8. The molecule has 0 radical (unpaired) electrons.